The highest BCUT2D eigenvalue weighted by molar-refractivity contribution is 5.29. The van der Waals surface area contributed by atoms with Crippen LogP contribution in [0, 0.1) is 5.82 Å². The topological polar surface area (TPSA) is 61.7 Å². The predicted octanol–water partition coefficient (Wildman–Crippen LogP) is 0.277. The lowest BCUT2D eigenvalue weighted by Crippen LogP contribution is -2.35. The Kier molecular flexibility index (Phi) is 5.18. The van der Waals surface area contributed by atoms with Gasteiger partial charge < -0.3 is 20.3 Å². The second kappa shape index (κ2) is 6.42. The Hall–Kier alpha value is -1.17. The van der Waals surface area contributed by atoms with Crippen molar-refractivity contribution in [2.75, 3.05) is 20.3 Å². The van der Waals surface area contributed by atoms with Crippen LogP contribution in [-0.2, 0) is 6.54 Å². The highest BCUT2D eigenvalue weighted by Crippen LogP contribution is 2.17. The van der Waals surface area contributed by atoms with Gasteiger partial charge in [0.2, 0.25) is 0 Å². The van der Waals surface area contributed by atoms with Crippen LogP contribution in [0.15, 0.2) is 18.2 Å². The van der Waals surface area contributed by atoms with E-state index in [0.29, 0.717) is 6.54 Å². The molecule has 0 saturated heterocycles. The summed E-state index contributed by atoms with van der Waals surface area (Å²) in [5, 5.41) is 20.5. The standard InChI is InChI=1S/C11H16FNO3/c1-16-11-3-2-8(4-10(11)12)5-13-9(6-14)7-15/h2-4,9,13-15H,5-7H2,1H3. The fraction of sp³-hybridized carbons (Fsp3) is 0.455. The fourth-order valence-corrected chi connectivity index (χ4v) is 1.27. The van der Waals surface area contributed by atoms with Crippen LogP contribution in [0.3, 0.4) is 0 Å². The molecule has 0 saturated carbocycles. The molecule has 16 heavy (non-hydrogen) atoms. The molecule has 1 aromatic rings. The van der Waals surface area contributed by atoms with E-state index in [4.69, 9.17) is 14.9 Å². The molecule has 0 aliphatic rings. The van der Waals surface area contributed by atoms with Gasteiger partial charge in [0, 0.05) is 6.54 Å². The van der Waals surface area contributed by atoms with Crippen LogP contribution in [0.5, 0.6) is 5.75 Å². The maximum Gasteiger partial charge on any atom is 0.165 e. The second-order valence-electron chi connectivity index (χ2n) is 3.41. The molecule has 90 valence electrons. The molecule has 0 aliphatic carbocycles. The largest absolute Gasteiger partial charge is 0.494 e. The number of aliphatic hydroxyl groups excluding tert-OH is 2. The van der Waals surface area contributed by atoms with Crippen LogP contribution >= 0.6 is 0 Å². The second-order valence-corrected chi connectivity index (χ2v) is 3.41. The number of ether oxygens (including phenoxy) is 1. The average Bonchev–Trinajstić information content (AvgIpc) is 2.30. The Balaban J connectivity index is 2.58. The Labute approximate surface area is 93.7 Å². The van der Waals surface area contributed by atoms with E-state index in [-0.39, 0.29) is 25.0 Å². The van der Waals surface area contributed by atoms with Crippen LogP contribution in [0.25, 0.3) is 0 Å². The summed E-state index contributed by atoms with van der Waals surface area (Å²) in [7, 11) is 1.41. The number of rotatable bonds is 6. The lowest BCUT2D eigenvalue weighted by molar-refractivity contribution is 0.170. The molecule has 5 heteroatoms. The quantitative estimate of drug-likeness (QED) is 0.655. The molecule has 0 unspecified atom stereocenters. The first-order chi connectivity index (χ1) is 7.71. The van der Waals surface area contributed by atoms with E-state index in [1.54, 1.807) is 12.1 Å². The molecule has 0 amide bonds. The van der Waals surface area contributed by atoms with Crippen LogP contribution in [0.4, 0.5) is 4.39 Å². The van der Waals surface area contributed by atoms with Crippen molar-refractivity contribution >= 4 is 0 Å². The molecule has 0 aliphatic heterocycles. The summed E-state index contributed by atoms with van der Waals surface area (Å²) < 4.78 is 18.1. The van der Waals surface area contributed by atoms with Crippen LogP contribution < -0.4 is 10.1 Å². The van der Waals surface area contributed by atoms with E-state index in [9.17, 15) is 4.39 Å². The third kappa shape index (κ3) is 3.44. The number of halogens is 1. The smallest absolute Gasteiger partial charge is 0.165 e. The van der Waals surface area contributed by atoms with Gasteiger partial charge in [0.1, 0.15) is 0 Å². The van der Waals surface area contributed by atoms with Gasteiger partial charge in [0.05, 0.1) is 26.4 Å². The zero-order chi connectivity index (χ0) is 12.0. The van der Waals surface area contributed by atoms with Crippen molar-refractivity contribution in [1.29, 1.82) is 0 Å². The molecule has 0 fully saturated rings. The molecular formula is C11H16FNO3. The number of benzene rings is 1. The zero-order valence-corrected chi connectivity index (χ0v) is 9.11. The van der Waals surface area contributed by atoms with Crippen molar-refractivity contribution < 1.29 is 19.3 Å². The molecule has 3 N–H and O–H groups in total. The van der Waals surface area contributed by atoms with Gasteiger partial charge in [-0.25, -0.2) is 4.39 Å². The normalized spacial score (nSPS) is 10.8. The Bertz CT molecular complexity index is 329. The number of hydrogen-bond donors (Lipinski definition) is 3. The van der Waals surface area contributed by atoms with Gasteiger partial charge in [0.15, 0.2) is 11.6 Å². The molecular weight excluding hydrogens is 213 g/mol. The van der Waals surface area contributed by atoms with Crippen molar-refractivity contribution in [1.82, 2.24) is 5.32 Å². The molecule has 1 rings (SSSR count). The molecule has 0 bridgehead atoms. The first-order valence-electron chi connectivity index (χ1n) is 4.98. The molecule has 0 radical (unpaired) electrons. The number of nitrogens with one attached hydrogen (secondary N) is 1. The van der Waals surface area contributed by atoms with Crippen molar-refractivity contribution in [3.8, 4) is 5.75 Å². The summed E-state index contributed by atoms with van der Waals surface area (Å²) in [4.78, 5) is 0. The van der Waals surface area contributed by atoms with Crippen LogP contribution in [0.1, 0.15) is 5.56 Å². The third-order valence-corrected chi connectivity index (χ3v) is 2.25. The van der Waals surface area contributed by atoms with Gasteiger partial charge in [-0.05, 0) is 17.7 Å². The van der Waals surface area contributed by atoms with Gasteiger partial charge in [-0.3, -0.25) is 0 Å². The SMILES string of the molecule is COc1ccc(CNC(CO)CO)cc1F. The summed E-state index contributed by atoms with van der Waals surface area (Å²) in [6.07, 6.45) is 0. The van der Waals surface area contributed by atoms with Crippen molar-refractivity contribution in [3.05, 3.63) is 29.6 Å². The summed E-state index contributed by atoms with van der Waals surface area (Å²) in [5.74, 6) is -0.226. The predicted molar refractivity (Wildman–Crippen MR) is 57.8 cm³/mol. The Morgan fingerprint density at radius 3 is 2.56 bits per heavy atom. The third-order valence-electron chi connectivity index (χ3n) is 2.25. The minimum absolute atomic E-state index is 0.158. The number of methoxy groups -OCH3 is 1. The maximum absolute atomic E-state index is 13.3. The zero-order valence-electron chi connectivity index (χ0n) is 9.11. The molecule has 0 spiro atoms. The van der Waals surface area contributed by atoms with E-state index in [1.165, 1.54) is 13.2 Å². The minimum Gasteiger partial charge on any atom is -0.494 e. The van der Waals surface area contributed by atoms with Gasteiger partial charge in [-0.15, -0.1) is 0 Å². The molecule has 1 aromatic carbocycles. The lowest BCUT2D eigenvalue weighted by atomic mass is 10.2. The summed E-state index contributed by atoms with van der Waals surface area (Å²) in [6.45, 7) is 0.0664. The van der Waals surface area contributed by atoms with Crippen molar-refractivity contribution in [3.63, 3.8) is 0 Å². The summed E-state index contributed by atoms with van der Waals surface area (Å²) >= 11 is 0. The first kappa shape index (κ1) is 12.9. The van der Waals surface area contributed by atoms with Gasteiger partial charge >= 0.3 is 0 Å². The lowest BCUT2D eigenvalue weighted by Gasteiger charge is -2.13. The Morgan fingerprint density at radius 2 is 2.06 bits per heavy atom. The average molecular weight is 229 g/mol. The van der Waals surface area contributed by atoms with E-state index in [0.717, 1.165) is 5.56 Å². The van der Waals surface area contributed by atoms with Crippen LogP contribution in [0.2, 0.25) is 0 Å². The molecule has 4 nitrogen and oxygen atoms in total. The van der Waals surface area contributed by atoms with E-state index >= 15 is 0 Å². The summed E-state index contributed by atoms with van der Waals surface area (Å²) in [5.41, 5.74) is 0.727. The van der Waals surface area contributed by atoms with Crippen molar-refractivity contribution in [2.45, 2.75) is 12.6 Å². The number of aliphatic hydroxyl groups is 2. The van der Waals surface area contributed by atoms with Crippen molar-refractivity contribution in [2.24, 2.45) is 0 Å². The van der Waals surface area contributed by atoms with Gasteiger partial charge in [-0.2, -0.15) is 0 Å². The maximum atomic E-state index is 13.3. The van der Waals surface area contributed by atoms with E-state index in [2.05, 4.69) is 5.32 Å². The Morgan fingerprint density at radius 1 is 1.38 bits per heavy atom. The van der Waals surface area contributed by atoms with E-state index in [1.807, 2.05) is 0 Å². The molecule has 0 aromatic heterocycles. The molecule has 0 heterocycles. The highest BCUT2D eigenvalue weighted by atomic mass is 19.1. The highest BCUT2D eigenvalue weighted by Gasteiger charge is 2.06. The van der Waals surface area contributed by atoms with Gasteiger partial charge in [-0.1, -0.05) is 6.07 Å². The minimum atomic E-state index is -0.425. The van der Waals surface area contributed by atoms with Gasteiger partial charge in [0.25, 0.3) is 0 Å². The van der Waals surface area contributed by atoms with E-state index < -0.39 is 5.82 Å². The first-order valence-corrected chi connectivity index (χ1v) is 4.98. The van der Waals surface area contributed by atoms with Crippen LogP contribution in [-0.4, -0.2) is 36.6 Å². The number of hydrogen-bond acceptors (Lipinski definition) is 4. The molecule has 0 atom stereocenters. The summed E-state index contributed by atoms with van der Waals surface area (Å²) in [6, 6.07) is 4.24. The fourth-order valence-electron chi connectivity index (χ4n) is 1.27. The monoisotopic (exact) mass is 229 g/mol.